The fourth-order valence-electron chi connectivity index (χ4n) is 2.13. The van der Waals surface area contributed by atoms with Crippen LogP contribution < -0.4 is 15.4 Å². The van der Waals surface area contributed by atoms with Crippen molar-refractivity contribution in [3.8, 4) is 5.75 Å². The minimum absolute atomic E-state index is 0.158. The fraction of sp³-hybridized carbons (Fsp3) is 0.571. The third kappa shape index (κ3) is 4.02. The van der Waals surface area contributed by atoms with E-state index in [2.05, 4.69) is 43.5 Å². The summed E-state index contributed by atoms with van der Waals surface area (Å²) in [7, 11) is 3.89. The van der Waals surface area contributed by atoms with Crippen LogP contribution in [-0.4, -0.2) is 33.3 Å². The SMILES string of the molecule is CNCC(CNC)Oc1c(C)cc(C)cc1C. The van der Waals surface area contributed by atoms with Gasteiger partial charge in [0.15, 0.2) is 0 Å². The molecule has 0 fully saturated rings. The van der Waals surface area contributed by atoms with E-state index < -0.39 is 0 Å². The first-order chi connectivity index (χ1) is 8.08. The molecule has 3 heteroatoms. The zero-order valence-electron chi connectivity index (χ0n) is 11.6. The van der Waals surface area contributed by atoms with Crippen LogP contribution in [0.4, 0.5) is 0 Å². The number of hydrogen-bond donors (Lipinski definition) is 2. The molecule has 3 nitrogen and oxygen atoms in total. The topological polar surface area (TPSA) is 33.3 Å². The van der Waals surface area contributed by atoms with Gasteiger partial charge in [0.25, 0.3) is 0 Å². The van der Waals surface area contributed by atoms with Crippen molar-refractivity contribution in [1.29, 1.82) is 0 Å². The minimum Gasteiger partial charge on any atom is -0.487 e. The summed E-state index contributed by atoms with van der Waals surface area (Å²) in [5.41, 5.74) is 3.70. The van der Waals surface area contributed by atoms with Gasteiger partial charge in [0.2, 0.25) is 0 Å². The Labute approximate surface area is 105 Å². The summed E-state index contributed by atoms with van der Waals surface area (Å²) in [6, 6.07) is 4.33. The summed E-state index contributed by atoms with van der Waals surface area (Å²) in [4.78, 5) is 0. The monoisotopic (exact) mass is 236 g/mol. The molecule has 0 radical (unpaired) electrons. The maximum absolute atomic E-state index is 6.09. The number of rotatable bonds is 6. The molecular weight excluding hydrogens is 212 g/mol. The van der Waals surface area contributed by atoms with E-state index >= 15 is 0 Å². The van der Waals surface area contributed by atoms with Gasteiger partial charge in [-0.2, -0.15) is 0 Å². The van der Waals surface area contributed by atoms with Gasteiger partial charge in [-0.15, -0.1) is 0 Å². The Morgan fingerprint density at radius 3 is 1.88 bits per heavy atom. The smallest absolute Gasteiger partial charge is 0.125 e. The highest BCUT2D eigenvalue weighted by Gasteiger charge is 2.12. The lowest BCUT2D eigenvalue weighted by Gasteiger charge is -2.21. The van der Waals surface area contributed by atoms with Gasteiger partial charge in [0.05, 0.1) is 0 Å². The second kappa shape index (κ2) is 6.62. The molecule has 0 bridgehead atoms. The molecule has 0 aliphatic heterocycles. The second-order valence-electron chi connectivity index (χ2n) is 4.58. The molecule has 0 aliphatic rings. The minimum atomic E-state index is 0.158. The van der Waals surface area contributed by atoms with Crippen molar-refractivity contribution >= 4 is 0 Å². The highest BCUT2D eigenvalue weighted by molar-refractivity contribution is 5.43. The van der Waals surface area contributed by atoms with Crippen molar-refractivity contribution in [2.24, 2.45) is 0 Å². The van der Waals surface area contributed by atoms with Crippen LogP contribution in [0.1, 0.15) is 16.7 Å². The summed E-state index contributed by atoms with van der Waals surface area (Å²) >= 11 is 0. The molecule has 1 aromatic carbocycles. The van der Waals surface area contributed by atoms with E-state index in [1.165, 1.54) is 16.7 Å². The quantitative estimate of drug-likeness (QED) is 0.790. The molecule has 1 aromatic rings. The molecular formula is C14H24N2O. The van der Waals surface area contributed by atoms with E-state index in [4.69, 9.17) is 4.74 Å². The van der Waals surface area contributed by atoms with Gasteiger partial charge in [-0.05, 0) is 46.0 Å². The first-order valence-electron chi connectivity index (χ1n) is 6.12. The Morgan fingerprint density at radius 1 is 1.00 bits per heavy atom. The number of benzene rings is 1. The van der Waals surface area contributed by atoms with E-state index in [0.29, 0.717) is 0 Å². The average Bonchev–Trinajstić information content (AvgIpc) is 2.23. The molecule has 0 saturated carbocycles. The number of aryl methyl sites for hydroxylation is 3. The maximum atomic E-state index is 6.09. The Balaban J connectivity index is 2.84. The molecule has 0 atom stereocenters. The first-order valence-corrected chi connectivity index (χ1v) is 6.12. The van der Waals surface area contributed by atoms with Gasteiger partial charge in [-0.25, -0.2) is 0 Å². The second-order valence-corrected chi connectivity index (χ2v) is 4.58. The van der Waals surface area contributed by atoms with Crippen LogP contribution in [-0.2, 0) is 0 Å². The van der Waals surface area contributed by atoms with Gasteiger partial charge in [0, 0.05) is 13.1 Å². The van der Waals surface area contributed by atoms with E-state index in [1.807, 2.05) is 14.1 Å². The Morgan fingerprint density at radius 2 is 1.47 bits per heavy atom. The zero-order valence-corrected chi connectivity index (χ0v) is 11.6. The number of ether oxygens (including phenoxy) is 1. The lowest BCUT2D eigenvalue weighted by atomic mass is 10.1. The maximum Gasteiger partial charge on any atom is 0.125 e. The van der Waals surface area contributed by atoms with Crippen molar-refractivity contribution in [3.63, 3.8) is 0 Å². The number of hydrogen-bond acceptors (Lipinski definition) is 3. The van der Waals surface area contributed by atoms with Gasteiger partial charge in [-0.3, -0.25) is 0 Å². The van der Waals surface area contributed by atoms with E-state index in [9.17, 15) is 0 Å². The van der Waals surface area contributed by atoms with Crippen LogP contribution in [0, 0.1) is 20.8 Å². The largest absolute Gasteiger partial charge is 0.487 e. The molecule has 96 valence electrons. The zero-order chi connectivity index (χ0) is 12.8. The molecule has 0 aliphatic carbocycles. The van der Waals surface area contributed by atoms with Crippen LogP contribution in [0.25, 0.3) is 0 Å². The third-order valence-corrected chi connectivity index (χ3v) is 2.75. The summed E-state index contributed by atoms with van der Waals surface area (Å²) in [6.07, 6.45) is 0.158. The van der Waals surface area contributed by atoms with Crippen molar-refractivity contribution in [3.05, 3.63) is 28.8 Å². The lowest BCUT2D eigenvalue weighted by Crippen LogP contribution is -2.37. The summed E-state index contributed by atoms with van der Waals surface area (Å²) < 4.78 is 6.09. The average molecular weight is 236 g/mol. The number of likely N-dealkylation sites (N-methyl/N-ethyl adjacent to an activating group) is 2. The Kier molecular flexibility index (Phi) is 5.45. The molecule has 0 amide bonds. The van der Waals surface area contributed by atoms with Gasteiger partial charge in [-0.1, -0.05) is 17.7 Å². The van der Waals surface area contributed by atoms with Gasteiger partial charge >= 0.3 is 0 Å². The number of nitrogens with one attached hydrogen (secondary N) is 2. The first kappa shape index (κ1) is 14.0. The highest BCUT2D eigenvalue weighted by Crippen LogP contribution is 2.25. The molecule has 0 saturated heterocycles. The van der Waals surface area contributed by atoms with E-state index in [1.54, 1.807) is 0 Å². The van der Waals surface area contributed by atoms with Gasteiger partial charge < -0.3 is 15.4 Å². The molecule has 17 heavy (non-hydrogen) atoms. The Bertz CT molecular complexity index is 334. The van der Waals surface area contributed by atoms with Crippen molar-refractivity contribution < 1.29 is 4.74 Å². The fourth-order valence-corrected chi connectivity index (χ4v) is 2.13. The van der Waals surface area contributed by atoms with Crippen LogP contribution in [0.5, 0.6) is 5.75 Å². The van der Waals surface area contributed by atoms with Crippen molar-refractivity contribution in [2.45, 2.75) is 26.9 Å². The van der Waals surface area contributed by atoms with E-state index in [-0.39, 0.29) is 6.10 Å². The molecule has 0 heterocycles. The summed E-state index contributed by atoms with van der Waals surface area (Å²) in [6.45, 7) is 8.00. The highest BCUT2D eigenvalue weighted by atomic mass is 16.5. The summed E-state index contributed by atoms with van der Waals surface area (Å²) in [5, 5.41) is 6.32. The van der Waals surface area contributed by atoms with E-state index in [0.717, 1.165) is 18.8 Å². The normalized spacial score (nSPS) is 10.9. The van der Waals surface area contributed by atoms with Crippen LogP contribution in [0.15, 0.2) is 12.1 Å². The molecule has 0 spiro atoms. The predicted octanol–water partition coefficient (Wildman–Crippen LogP) is 1.80. The Hall–Kier alpha value is -1.06. The van der Waals surface area contributed by atoms with Crippen LogP contribution >= 0.6 is 0 Å². The predicted molar refractivity (Wildman–Crippen MR) is 72.9 cm³/mol. The summed E-state index contributed by atoms with van der Waals surface area (Å²) in [5.74, 6) is 1.02. The standard InChI is InChI=1S/C14H24N2O/c1-10-6-11(2)14(12(3)7-10)17-13(8-15-4)9-16-5/h6-7,13,15-16H,8-9H2,1-5H3. The molecule has 0 unspecified atom stereocenters. The van der Waals surface area contributed by atoms with Crippen LogP contribution in [0.3, 0.4) is 0 Å². The molecule has 1 rings (SSSR count). The third-order valence-electron chi connectivity index (χ3n) is 2.75. The van der Waals surface area contributed by atoms with Crippen LogP contribution in [0.2, 0.25) is 0 Å². The van der Waals surface area contributed by atoms with Crippen molar-refractivity contribution in [1.82, 2.24) is 10.6 Å². The van der Waals surface area contributed by atoms with Crippen molar-refractivity contribution in [2.75, 3.05) is 27.2 Å². The lowest BCUT2D eigenvalue weighted by molar-refractivity contribution is 0.197. The molecule has 2 N–H and O–H groups in total. The molecule has 0 aromatic heterocycles. The van der Waals surface area contributed by atoms with Gasteiger partial charge in [0.1, 0.15) is 11.9 Å².